The number of alkyl halides is 5. The van der Waals surface area contributed by atoms with Gasteiger partial charge in [-0.2, -0.15) is 22.0 Å². The SMILES string of the molecule is CC(CSC(F)(F)c1ccccn1)NC(c1ccc(F)cc1)C(F)(F)F. The molecule has 0 aliphatic rings. The lowest BCUT2D eigenvalue weighted by atomic mass is 10.1. The molecule has 26 heavy (non-hydrogen) atoms. The van der Waals surface area contributed by atoms with Crippen LogP contribution in [0.4, 0.5) is 26.3 Å². The minimum Gasteiger partial charge on any atom is -0.299 e. The van der Waals surface area contributed by atoms with E-state index in [0.717, 1.165) is 30.3 Å². The molecule has 1 heterocycles. The van der Waals surface area contributed by atoms with Crippen LogP contribution in [0.3, 0.4) is 0 Å². The highest BCUT2D eigenvalue weighted by atomic mass is 32.2. The number of hydrogen-bond acceptors (Lipinski definition) is 3. The van der Waals surface area contributed by atoms with E-state index in [9.17, 15) is 26.3 Å². The van der Waals surface area contributed by atoms with Crippen LogP contribution in [-0.4, -0.2) is 23.0 Å². The van der Waals surface area contributed by atoms with Gasteiger partial charge in [-0.15, -0.1) is 0 Å². The van der Waals surface area contributed by atoms with Crippen molar-refractivity contribution in [1.82, 2.24) is 10.3 Å². The van der Waals surface area contributed by atoms with E-state index in [-0.39, 0.29) is 23.1 Å². The summed E-state index contributed by atoms with van der Waals surface area (Å²) in [4.78, 5) is 3.58. The zero-order chi connectivity index (χ0) is 19.4. The molecule has 9 heteroatoms. The Kier molecular flexibility index (Phi) is 6.57. The number of pyridine rings is 1. The normalized spacial score (nSPS) is 14.9. The Balaban J connectivity index is 2.03. The van der Waals surface area contributed by atoms with Gasteiger partial charge in [-0.05, 0) is 36.8 Å². The van der Waals surface area contributed by atoms with Crippen molar-refractivity contribution in [2.75, 3.05) is 5.75 Å². The third kappa shape index (κ3) is 5.63. The van der Waals surface area contributed by atoms with Gasteiger partial charge in [0.05, 0.1) is 0 Å². The average Bonchev–Trinajstić information content (AvgIpc) is 2.59. The van der Waals surface area contributed by atoms with Gasteiger partial charge < -0.3 is 0 Å². The number of aromatic nitrogens is 1. The first-order chi connectivity index (χ1) is 12.1. The quantitative estimate of drug-likeness (QED) is 0.647. The Morgan fingerprint density at radius 2 is 1.69 bits per heavy atom. The summed E-state index contributed by atoms with van der Waals surface area (Å²) in [6.07, 6.45) is -3.43. The second-order valence-corrected chi connectivity index (χ2v) is 6.77. The summed E-state index contributed by atoms with van der Waals surface area (Å²) in [6.45, 7) is 1.38. The Bertz CT molecular complexity index is 691. The van der Waals surface area contributed by atoms with E-state index in [0.29, 0.717) is 0 Å². The molecule has 1 aromatic carbocycles. The molecule has 0 spiro atoms. The molecule has 2 rings (SSSR count). The molecule has 2 unspecified atom stereocenters. The molecular formula is C17H16F6N2S. The molecule has 0 fully saturated rings. The van der Waals surface area contributed by atoms with Gasteiger partial charge in [0, 0.05) is 18.0 Å². The first-order valence-electron chi connectivity index (χ1n) is 7.61. The molecule has 2 aromatic rings. The zero-order valence-corrected chi connectivity index (χ0v) is 14.4. The van der Waals surface area contributed by atoms with Crippen molar-refractivity contribution in [3.8, 4) is 0 Å². The topological polar surface area (TPSA) is 24.9 Å². The van der Waals surface area contributed by atoms with Crippen LogP contribution in [0.5, 0.6) is 0 Å². The van der Waals surface area contributed by atoms with E-state index in [1.165, 1.54) is 25.3 Å². The van der Waals surface area contributed by atoms with E-state index >= 15 is 0 Å². The highest BCUT2D eigenvalue weighted by Gasteiger charge is 2.42. The van der Waals surface area contributed by atoms with Crippen LogP contribution in [0.2, 0.25) is 0 Å². The maximum atomic E-state index is 14.1. The van der Waals surface area contributed by atoms with E-state index in [1.807, 2.05) is 0 Å². The second-order valence-electron chi connectivity index (χ2n) is 5.64. The fourth-order valence-electron chi connectivity index (χ4n) is 2.21. The molecule has 0 bridgehead atoms. The Hall–Kier alpha value is -1.74. The van der Waals surface area contributed by atoms with Crippen LogP contribution in [-0.2, 0) is 5.25 Å². The van der Waals surface area contributed by atoms with E-state index < -0.39 is 35.0 Å². The third-order valence-electron chi connectivity index (χ3n) is 3.46. The first-order valence-corrected chi connectivity index (χ1v) is 8.59. The second kappa shape index (κ2) is 8.30. The molecule has 1 N–H and O–H groups in total. The third-order valence-corrected chi connectivity index (χ3v) is 4.70. The lowest BCUT2D eigenvalue weighted by Crippen LogP contribution is -2.40. The molecule has 2 atom stereocenters. The van der Waals surface area contributed by atoms with Gasteiger partial charge in [-0.3, -0.25) is 10.3 Å². The van der Waals surface area contributed by atoms with Gasteiger partial charge >= 0.3 is 11.4 Å². The molecule has 142 valence electrons. The predicted molar refractivity (Wildman–Crippen MR) is 88.4 cm³/mol. The van der Waals surface area contributed by atoms with Crippen molar-refractivity contribution in [1.29, 1.82) is 0 Å². The van der Waals surface area contributed by atoms with Crippen LogP contribution >= 0.6 is 11.8 Å². The van der Waals surface area contributed by atoms with Crippen molar-refractivity contribution in [3.05, 3.63) is 65.7 Å². The summed E-state index contributed by atoms with van der Waals surface area (Å²) in [5.41, 5.74) is -0.643. The molecule has 2 nitrogen and oxygen atoms in total. The largest absolute Gasteiger partial charge is 0.407 e. The fourth-order valence-corrected chi connectivity index (χ4v) is 3.03. The number of nitrogens with zero attached hydrogens (tertiary/aromatic N) is 1. The lowest BCUT2D eigenvalue weighted by Gasteiger charge is -2.26. The summed E-state index contributed by atoms with van der Waals surface area (Å²) in [6, 6.07) is 4.97. The van der Waals surface area contributed by atoms with Crippen LogP contribution in [0.1, 0.15) is 24.2 Å². The summed E-state index contributed by atoms with van der Waals surface area (Å²) in [5, 5.41) is -1.02. The number of thioether (sulfide) groups is 1. The standard InChI is InChI=1S/C17H16F6N2S/c1-11(10-26-17(22,23)14-4-2-3-9-24-14)25-15(16(19,20)21)12-5-7-13(18)8-6-12/h2-9,11,15,25H,10H2,1H3. The minimum atomic E-state index is -4.65. The van der Waals surface area contributed by atoms with Crippen LogP contribution in [0.15, 0.2) is 48.7 Å². The Morgan fingerprint density at radius 3 is 2.23 bits per heavy atom. The predicted octanol–water partition coefficient (Wildman–Crippen LogP) is 5.28. The van der Waals surface area contributed by atoms with Crippen molar-refractivity contribution in [3.63, 3.8) is 0 Å². The van der Waals surface area contributed by atoms with Gasteiger partial charge in [-0.25, -0.2) is 4.39 Å². The van der Waals surface area contributed by atoms with Crippen molar-refractivity contribution >= 4 is 11.8 Å². The van der Waals surface area contributed by atoms with Gasteiger partial charge in [0.2, 0.25) is 0 Å². The lowest BCUT2D eigenvalue weighted by molar-refractivity contribution is -0.159. The Morgan fingerprint density at radius 1 is 1.04 bits per heavy atom. The Labute approximate surface area is 151 Å². The number of halogens is 6. The maximum absolute atomic E-state index is 14.1. The number of rotatable bonds is 7. The number of hydrogen-bond donors (Lipinski definition) is 1. The van der Waals surface area contributed by atoms with Crippen molar-refractivity contribution in [2.45, 2.75) is 30.4 Å². The monoisotopic (exact) mass is 394 g/mol. The molecule has 0 amide bonds. The van der Waals surface area contributed by atoms with Crippen molar-refractivity contribution < 1.29 is 26.3 Å². The van der Waals surface area contributed by atoms with Crippen LogP contribution in [0, 0.1) is 5.82 Å². The summed E-state index contributed by atoms with van der Waals surface area (Å²) >= 11 is 0.204. The maximum Gasteiger partial charge on any atom is 0.407 e. The van der Waals surface area contributed by atoms with E-state index in [1.54, 1.807) is 0 Å². The number of nitrogens with one attached hydrogen (secondary N) is 1. The van der Waals surface area contributed by atoms with Crippen LogP contribution in [0.25, 0.3) is 0 Å². The molecule has 1 aromatic heterocycles. The molecule has 0 aliphatic heterocycles. The van der Waals surface area contributed by atoms with Crippen LogP contribution < -0.4 is 5.32 Å². The van der Waals surface area contributed by atoms with Gasteiger partial charge in [-0.1, -0.05) is 30.0 Å². The summed E-state index contributed by atoms with van der Waals surface area (Å²) in [7, 11) is 0. The van der Waals surface area contributed by atoms with E-state index in [2.05, 4.69) is 10.3 Å². The molecule has 0 saturated carbocycles. The highest BCUT2D eigenvalue weighted by molar-refractivity contribution is 7.99. The highest BCUT2D eigenvalue weighted by Crippen LogP contribution is 2.39. The van der Waals surface area contributed by atoms with Gasteiger partial charge in [0.1, 0.15) is 17.6 Å². The molecule has 0 saturated heterocycles. The fraction of sp³-hybridized carbons (Fsp3) is 0.353. The zero-order valence-electron chi connectivity index (χ0n) is 13.6. The summed E-state index contributed by atoms with van der Waals surface area (Å²) in [5.74, 6) is -0.939. The smallest absolute Gasteiger partial charge is 0.299 e. The molecule has 0 aliphatic carbocycles. The summed E-state index contributed by atoms with van der Waals surface area (Å²) < 4.78 is 80.9. The van der Waals surface area contributed by atoms with Gasteiger partial charge in [0.15, 0.2) is 0 Å². The molecule has 0 radical (unpaired) electrons. The molecular weight excluding hydrogens is 378 g/mol. The van der Waals surface area contributed by atoms with E-state index in [4.69, 9.17) is 0 Å². The van der Waals surface area contributed by atoms with Crippen molar-refractivity contribution in [2.24, 2.45) is 0 Å². The van der Waals surface area contributed by atoms with Gasteiger partial charge in [0.25, 0.3) is 0 Å². The number of benzene rings is 1. The average molecular weight is 394 g/mol. The first kappa shape index (κ1) is 20.6. The minimum absolute atomic E-state index is 0.188.